The van der Waals surface area contributed by atoms with Crippen LogP contribution in [0, 0.1) is 21.7 Å². The number of fused-ring (bicyclic) bond motifs is 1. The summed E-state index contributed by atoms with van der Waals surface area (Å²) in [5.74, 6) is -2.08. The van der Waals surface area contributed by atoms with Crippen molar-refractivity contribution in [3.8, 4) is 11.8 Å². The Morgan fingerprint density at radius 2 is 1.86 bits per heavy atom. The van der Waals surface area contributed by atoms with Crippen molar-refractivity contribution in [2.24, 2.45) is 0 Å². The number of para-hydroxylation sites is 1. The van der Waals surface area contributed by atoms with Crippen LogP contribution in [-0.4, -0.2) is 11.9 Å². The van der Waals surface area contributed by atoms with Crippen molar-refractivity contribution < 1.29 is 23.8 Å². The SMILES string of the molecule is CC(=O)Oc1ccccc1C(=O)Nc1c(C#N)[n+]([O-])c2cc(Cl)ccc2[n+]1[O-]. The van der Waals surface area contributed by atoms with Gasteiger partial charge in [0, 0.05) is 18.0 Å². The van der Waals surface area contributed by atoms with Gasteiger partial charge in [0.15, 0.2) is 6.07 Å². The fourth-order valence-electron chi connectivity index (χ4n) is 2.55. The van der Waals surface area contributed by atoms with Crippen LogP contribution >= 0.6 is 11.6 Å². The van der Waals surface area contributed by atoms with E-state index in [9.17, 15) is 25.3 Å². The van der Waals surface area contributed by atoms with E-state index in [0.717, 1.165) is 0 Å². The van der Waals surface area contributed by atoms with E-state index in [2.05, 4.69) is 5.32 Å². The molecule has 0 bridgehead atoms. The lowest BCUT2D eigenvalue weighted by Gasteiger charge is -2.13. The number of hydrogen-bond acceptors (Lipinski definition) is 6. The summed E-state index contributed by atoms with van der Waals surface area (Å²) in [6.07, 6.45) is 0. The predicted molar refractivity (Wildman–Crippen MR) is 97.3 cm³/mol. The van der Waals surface area contributed by atoms with Crippen LogP contribution in [0.5, 0.6) is 5.75 Å². The molecule has 1 amide bonds. The number of amides is 1. The number of nitriles is 1. The Morgan fingerprint density at radius 1 is 1.14 bits per heavy atom. The van der Waals surface area contributed by atoms with E-state index in [0.29, 0.717) is 0 Å². The van der Waals surface area contributed by atoms with Crippen LogP contribution in [0.15, 0.2) is 42.5 Å². The highest BCUT2D eigenvalue weighted by atomic mass is 35.5. The maximum Gasteiger partial charge on any atom is 0.386 e. The predicted octanol–water partition coefficient (Wildman–Crippen LogP) is 1.81. The van der Waals surface area contributed by atoms with Gasteiger partial charge in [-0.15, -0.1) is 4.73 Å². The first kappa shape index (κ1) is 18.9. The maximum absolute atomic E-state index is 12.7. The fraction of sp³-hybridized carbons (Fsp3) is 0.0556. The third-order valence-electron chi connectivity index (χ3n) is 3.73. The molecule has 2 aromatic carbocycles. The molecule has 0 spiro atoms. The Labute approximate surface area is 163 Å². The summed E-state index contributed by atoms with van der Waals surface area (Å²) in [6, 6.07) is 11.4. The van der Waals surface area contributed by atoms with Crippen LogP contribution in [0.2, 0.25) is 5.02 Å². The van der Waals surface area contributed by atoms with E-state index in [1.165, 1.54) is 43.3 Å². The Balaban J connectivity index is 2.12. The number of nitrogens with zero attached hydrogens (tertiary/aromatic N) is 3. The van der Waals surface area contributed by atoms with Gasteiger partial charge in [0.2, 0.25) is 5.52 Å². The first-order valence-corrected chi connectivity index (χ1v) is 8.18. The van der Waals surface area contributed by atoms with Gasteiger partial charge in [-0.2, -0.15) is 10.6 Å². The van der Waals surface area contributed by atoms with E-state index in [1.807, 2.05) is 0 Å². The van der Waals surface area contributed by atoms with Crippen LogP contribution in [0.25, 0.3) is 11.0 Å². The Bertz CT molecular complexity index is 1170. The average molecular weight is 399 g/mol. The number of hydrogen-bond donors (Lipinski definition) is 1. The summed E-state index contributed by atoms with van der Waals surface area (Å²) in [5, 5.41) is 36.9. The smallest absolute Gasteiger partial charge is 0.386 e. The van der Waals surface area contributed by atoms with Gasteiger partial charge in [0.25, 0.3) is 5.52 Å². The molecule has 28 heavy (non-hydrogen) atoms. The maximum atomic E-state index is 12.7. The second-order valence-corrected chi connectivity index (χ2v) is 6.01. The standard InChI is InChI=1S/C18H11ClN4O5/c1-10(24)28-16-5-3-2-4-12(16)18(25)21-17-15(9-20)22(26)14-8-11(19)6-7-13(14)23(17)27/h2-8H,1H3,(H,21,25). The lowest BCUT2D eigenvalue weighted by atomic mass is 10.2. The molecule has 0 saturated carbocycles. The van der Waals surface area contributed by atoms with Crippen LogP contribution < -0.4 is 19.5 Å². The third kappa shape index (κ3) is 3.36. The summed E-state index contributed by atoms with van der Waals surface area (Å²) in [6.45, 7) is 1.17. The van der Waals surface area contributed by atoms with Gasteiger partial charge in [0.05, 0.1) is 0 Å². The Kier molecular flexibility index (Phi) is 4.98. The summed E-state index contributed by atoms with van der Waals surface area (Å²) >= 11 is 5.84. The topological polar surface area (TPSA) is 133 Å². The molecule has 0 aliphatic carbocycles. The molecule has 1 aromatic heterocycles. The molecule has 0 atom stereocenters. The first-order valence-electron chi connectivity index (χ1n) is 7.80. The second kappa shape index (κ2) is 7.38. The van der Waals surface area contributed by atoms with Crippen LogP contribution in [0.4, 0.5) is 5.82 Å². The fourth-order valence-corrected chi connectivity index (χ4v) is 2.71. The highest BCUT2D eigenvalue weighted by Gasteiger charge is 2.30. The monoisotopic (exact) mass is 398 g/mol. The molecule has 3 rings (SSSR count). The average Bonchev–Trinajstić information content (AvgIpc) is 2.66. The zero-order valence-corrected chi connectivity index (χ0v) is 15.1. The van der Waals surface area contributed by atoms with Gasteiger partial charge in [-0.1, -0.05) is 23.7 Å². The van der Waals surface area contributed by atoms with E-state index in [1.54, 1.807) is 12.1 Å². The largest absolute Gasteiger partial charge is 0.710 e. The quantitative estimate of drug-likeness (QED) is 0.309. The van der Waals surface area contributed by atoms with E-state index in [4.69, 9.17) is 16.3 Å². The van der Waals surface area contributed by atoms with Crippen LogP contribution in [-0.2, 0) is 4.79 Å². The highest BCUT2D eigenvalue weighted by molar-refractivity contribution is 6.31. The lowest BCUT2D eigenvalue weighted by molar-refractivity contribution is -0.620. The molecule has 10 heteroatoms. The van der Waals surface area contributed by atoms with Crippen molar-refractivity contribution in [3.05, 3.63) is 69.2 Å². The van der Waals surface area contributed by atoms with Crippen molar-refractivity contribution >= 4 is 40.3 Å². The minimum absolute atomic E-state index is 0.0361. The molecule has 0 saturated heterocycles. The highest BCUT2D eigenvalue weighted by Crippen LogP contribution is 2.21. The summed E-state index contributed by atoms with van der Waals surface area (Å²) < 4.78 is 5.43. The van der Waals surface area contributed by atoms with Crippen molar-refractivity contribution in [2.75, 3.05) is 5.32 Å². The zero-order valence-electron chi connectivity index (χ0n) is 14.3. The van der Waals surface area contributed by atoms with Gasteiger partial charge in [-0.05, 0) is 24.3 Å². The molecule has 0 aliphatic heterocycles. The molecular weight excluding hydrogens is 388 g/mol. The molecule has 9 nitrogen and oxygen atoms in total. The number of aromatic nitrogens is 2. The number of ether oxygens (including phenoxy) is 1. The van der Waals surface area contributed by atoms with Crippen molar-refractivity contribution in [1.29, 1.82) is 5.26 Å². The number of carbonyl (C=O) groups excluding carboxylic acids is 2. The van der Waals surface area contributed by atoms with Gasteiger partial charge in [-0.3, -0.25) is 4.79 Å². The summed E-state index contributed by atoms with van der Waals surface area (Å²) in [4.78, 5) is 23.9. The number of rotatable bonds is 3. The molecule has 0 unspecified atom stereocenters. The number of anilines is 1. The lowest BCUT2D eigenvalue weighted by Crippen LogP contribution is -2.44. The molecule has 0 fully saturated rings. The molecule has 1 N–H and O–H groups in total. The van der Waals surface area contributed by atoms with E-state index < -0.39 is 23.4 Å². The third-order valence-corrected chi connectivity index (χ3v) is 3.96. The molecular formula is C18H11ClN4O5. The minimum Gasteiger partial charge on any atom is -0.710 e. The van der Waals surface area contributed by atoms with Gasteiger partial charge >= 0.3 is 23.4 Å². The van der Waals surface area contributed by atoms with Crippen molar-refractivity contribution in [3.63, 3.8) is 0 Å². The van der Waals surface area contributed by atoms with Crippen molar-refractivity contribution in [2.45, 2.75) is 6.92 Å². The number of carbonyl (C=O) groups is 2. The summed E-state index contributed by atoms with van der Waals surface area (Å²) in [7, 11) is 0. The Hall–Kier alpha value is -3.90. The van der Waals surface area contributed by atoms with E-state index in [-0.39, 0.29) is 36.8 Å². The minimum atomic E-state index is -0.841. The number of halogens is 1. The molecule has 1 heterocycles. The van der Waals surface area contributed by atoms with Gasteiger partial charge in [-0.25, -0.2) is 9.52 Å². The van der Waals surface area contributed by atoms with Crippen LogP contribution in [0.3, 0.4) is 0 Å². The van der Waals surface area contributed by atoms with Crippen molar-refractivity contribution in [1.82, 2.24) is 0 Å². The molecule has 140 valence electrons. The first-order chi connectivity index (χ1) is 13.3. The van der Waals surface area contributed by atoms with Gasteiger partial charge < -0.3 is 15.2 Å². The van der Waals surface area contributed by atoms with Gasteiger partial charge in [0.1, 0.15) is 11.3 Å². The van der Waals surface area contributed by atoms with E-state index >= 15 is 0 Å². The normalized spacial score (nSPS) is 10.3. The Morgan fingerprint density at radius 3 is 2.54 bits per heavy atom. The second-order valence-electron chi connectivity index (χ2n) is 5.57. The molecule has 0 radical (unpaired) electrons. The molecule has 0 aliphatic rings. The summed E-state index contributed by atoms with van der Waals surface area (Å²) in [5.41, 5.74) is -0.905. The zero-order chi connectivity index (χ0) is 20.4. The number of esters is 1. The van der Waals surface area contributed by atoms with Crippen LogP contribution in [0.1, 0.15) is 23.0 Å². The number of benzene rings is 2. The number of nitrogens with one attached hydrogen (secondary N) is 1. The molecule has 3 aromatic rings.